The lowest BCUT2D eigenvalue weighted by molar-refractivity contribution is -0.147. The fraction of sp³-hybridized carbons (Fsp3) is 0.333. The number of azo groups is 1. The first-order valence-corrected chi connectivity index (χ1v) is 16.9. The molecule has 3 heterocycles. The van der Waals surface area contributed by atoms with Crippen LogP contribution in [0.5, 0.6) is 5.75 Å². The SMILES string of the molecule is N#CCC1CCC(n2c(/N=N/c3ccc(O)c(C(=O)N[C@H](CCCNC(=N)N)C(=O)OCc4ccccc4)c3)nc3cnc4[nH]ccc4c32)CC1. The lowest BCUT2D eigenvalue weighted by atomic mass is 9.84. The number of fused-ring (bicyclic) bond motifs is 3. The lowest BCUT2D eigenvalue weighted by Gasteiger charge is -2.29. The molecule has 1 aliphatic rings. The Balaban J connectivity index is 1.23. The molecule has 0 bridgehead atoms. The number of pyridine rings is 1. The first kappa shape index (κ1) is 34.6. The first-order chi connectivity index (χ1) is 24.8. The van der Waals surface area contributed by atoms with Crippen LogP contribution < -0.4 is 16.4 Å². The number of benzene rings is 2. The van der Waals surface area contributed by atoms with Crippen LogP contribution in [-0.4, -0.2) is 55.0 Å². The van der Waals surface area contributed by atoms with Crippen LogP contribution in [0.4, 0.5) is 11.6 Å². The Bertz CT molecular complexity index is 2090. The normalized spacial score (nSPS) is 16.5. The number of ether oxygens (including phenoxy) is 1. The van der Waals surface area contributed by atoms with Gasteiger partial charge in [0.1, 0.15) is 29.6 Å². The van der Waals surface area contributed by atoms with E-state index in [0.717, 1.165) is 47.8 Å². The van der Waals surface area contributed by atoms with E-state index in [4.69, 9.17) is 20.9 Å². The average molecular weight is 690 g/mol. The van der Waals surface area contributed by atoms with Gasteiger partial charge in [0.05, 0.1) is 29.0 Å². The summed E-state index contributed by atoms with van der Waals surface area (Å²) in [7, 11) is 0. The van der Waals surface area contributed by atoms with Crippen LogP contribution in [0.1, 0.15) is 66.9 Å². The van der Waals surface area contributed by atoms with E-state index in [9.17, 15) is 20.0 Å². The van der Waals surface area contributed by atoms with Crippen molar-refractivity contribution in [1.82, 2.24) is 30.2 Å². The fourth-order valence-corrected chi connectivity index (χ4v) is 6.45. The number of hydrogen-bond acceptors (Lipinski definition) is 10. The van der Waals surface area contributed by atoms with Gasteiger partial charge in [-0.05, 0) is 74.3 Å². The Kier molecular flexibility index (Phi) is 10.8. The van der Waals surface area contributed by atoms with Crippen LogP contribution in [0.25, 0.3) is 22.1 Å². The number of amides is 1. The van der Waals surface area contributed by atoms with E-state index in [0.29, 0.717) is 36.8 Å². The molecule has 0 radical (unpaired) electrons. The molecule has 1 atom stereocenters. The van der Waals surface area contributed by atoms with Crippen molar-refractivity contribution in [2.75, 3.05) is 6.54 Å². The minimum Gasteiger partial charge on any atom is -0.507 e. The van der Waals surface area contributed by atoms with Crippen molar-refractivity contribution < 1.29 is 19.4 Å². The number of esters is 1. The quantitative estimate of drug-likeness (QED) is 0.0288. The lowest BCUT2D eigenvalue weighted by Crippen LogP contribution is -2.42. The van der Waals surface area contributed by atoms with Gasteiger partial charge < -0.3 is 35.8 Å². The van der Waals surface area contributed by atoms with E-state index in [1.165, 1.54) is 18.2 Å². The van der Waals surface area contributed by atoms with Crippen LogP contribution in [-0.2, 0) is 16.1 Å². The molecular weight excluding hydrogens is 650 g/mol. The Labute approximate surface area is 293 Å². The van der Waals surface area contributed by atoms with Crippen LogP contribution in [0.15, 0.2) is 77.2 Å². The van der Waals surface area contributed by atoms with E-state index in [-0.39, 0.29) is 42.0 Å². The highest BCUT2D eigenvalue weighted by molar-refractivity contribution is 6.02. The summed E-state index contributed by atoms with van der Waals surface area (Å²) >= 11 is 0. The van der Waals surface area contributed by atoms with Crippen molar-refractivity contribution in [2.24, 2.45) is 21.9 Å². The summed E-state index contributed by atoms with van der Waals surface area (Å²) in [6.45, 7) is 0.336. The summed E-state index contributed by atoms with van der Waals surface area (Å²) in [5.41, 5.74) is 8.65. The number of carbonyl (C=O) groups is 2. The van der Waals surface area contributed by atoms with Gasteiger partial charge in [-0.2, -0.15) is 5.26 Å². The predicted molar refractivity (Wildman–Crippen MR) is 190 cm³/mol. The van der Waals surface area contributed by atoms with E-state index in [2.05, 4.69) is 41.5 Å². The third kappa shape index (κ3) is 8.30. The standard InChI is InChI=1S/C36H39N11O4/c37-16-14-22-8-11-25(12-9-22)47-31-26-15-18-40-32(26)42-20-29(31)44-36(47)46-45-24-10-13-30(48)27(19-24)33(49)43-28(7-4-17-41-35(38)39)34(50)51-21-23-5-2-1-3-6-23/h1-3,5-6,10,13,15,18-20,22,25,28,48H,4,7-9,11-12,14,17,21H2,(H,40,42)(H,43,49)(H4,38,39,41)/b46-45+/t22?,25?,28-/m1/s1. The Morgan fingerprint density at radius 3 is 2.73 bits per heavy atom. The van der Waals surface area contributed by atoms with Crippen LogP contribution >= 0.6 is 0 Å². The zero-order valence-corrected chi connectivity index (χ0v) is 27.9. The van der Waals surface area contributed by atoms with E-state index in [1.54, 1.807) is 6.20 Å². The number of phenolic OH excluding ortho intramolecular Hbond substituents is 1. The molecule has 3 aromatic heterocycles. The van der Waals surface area contributed by atoms with Crippen molar-refractivity contribution in [3.63, 3.8) is 0 Å². The van der Waals surface area contributed by atoms with Crippen molar-refractivity contribution in [3.05, 3.63) is 78.1 Å². The largest absolute Gasteiger partial charge is 0.507 e. The fourth-order valence-electron chi connectivity index (χ4n) is 6.45. The topological polar surface area (TPSA) is 233 Å². The number of aromatic amines is 1. The molecule has 1 amide bonds. The summed E-state index contributed by atoms with van der Waals surface area (Å²) < 4.78 is 7.60. The number of aromatic hydroxyl groups is 1. The number of nitrogens with one attached hydrogen (secondary N) is 4. The van der Waals surface area contributed by atoms with Gasteiger partial charge in [0.2, 0.25) is 0 Å². The zero-order chi connectivity index (χ0) is 35.7. The van der Waals surface area contributed by atoms with Crippen molar-refractivity contribution >= 4 is 51.5 Å². The number of nitrogens with two attached hydrogens (primary N) is 1. The number of phenols is 1. The Morgan fingerprint density at radius 2 is 1.96 bits per heavy atom. The molecule has 15 heteroatoms. The monoisotopic (exact) mass is 689 g/mol. The maximum Gasteiger partial charge on any atom is 0.328 e. The third-order valence-electron chi connectivity index (χ3n) is 9.06. The number of guanidine groups is 1. The molecule has 15 nitrogen and oxygen atoms in total. The van der Waals surface area contributed by atoms with Gasteiger partial charge in [-0.1, -0.05) is 30.3 Å². The molecule has 0 aliphatic heterocycles. The van der Waals surface area contributed by atoms with E-state index < -0.39 is 17.9 Å². The number of H-pyrrole nitrogens is 1. The van der Waals surface area contributed by atoms with Crippen LogP contribution in [0.3, 0.4) is 0 Å². The second-order valence-corrected chi connectivity index (χ2v) is 12.6. The predicted octanol–water partition coefficient (Wildman–Crippen LogP) is 5.78. The molecule has 0 saturated heterocycles. The van der Waals surface area contributed by atoms with Crippen LogP contribution in [0.2, 0.25) is 0 Å². The average Bonchev–Trinajstić information content (AvgIpc) is 3.77. The molecule has 51 heavy (non-hydrogen) atoms. The summed E-state index contributed by atoms with van der Waals surface area (Å²) in [6, 6.07) is 16.7. The maximum atomic E-state index is 13.5. The van der Waals surface area contributed by atoms with Crippen molar-refractivity contribution in [1.29, 1.82) is 10.7 Å². The van der Waals surface area contributed by atoms with Gasteiger partial charge >= 0.3 is 5.97 Å². The molecule has 5 aromatic rings. The summed E-state index contributed by atoms with van der Waals surface area (Å²) in [4.78, 5) is 39.1. The van der Waals surface area contributed by atoms with Gasteiger partial charge in [-0.25, -0.2) is 14.8 Å². The molecule has 2 aromatic carbocycles. The molecule has 1 fully saturated rings. The number of nitriles is 1. The summed E-state index contributed by atoms with van der Waals surface area (Å²) in [6.07, 6.45) is 8.22. The number of aromatic nitrogens is 4. The van der Waals surface area contributed by atoms with Crippen LogP contribution in [0, 0.1) is 22.7 Å². The molecular formula is C36H39N11O4. The summed E-state index contributed by atoms with van der Waals surface area (Å²) in [5.74, 6) is -1.10. The zero-order valence-electron chi connectivity index (χ0n) is 27.9. The van der Waals surface area contributed by atoms with Gasteiger partial charge in [0.25, 0.3) is 11.9 Å². The number of imidazole rings is 1. The minimum atomic E-state index is -1.04. The van der Waals surface area contributed by atoms with Gasteiger partial charge in [-0.3, -0.25) is 10.2 Å². The number of hydrogen-bond donors (Lipinski definition) is 6. The summed E-state index contributed by atoms with van der Waals surface area (Å²) in [5, 5.41) is 42.5. The molecule has 7 N–H and O–H groups in total. The third-order valence-corrected chi connectivity index (χ3v) is 9.06. The van der Waals surface area contributed by atoms with Crippen molar-refractivity contribution in [2.45, 2.75) is 63.6 Å². The maximum absolute atomic E-state index is 13.5. The second kappa shape index (κ2) is 15.9. The Hall–Kier alpha value is -6.30. The van der Waals surface area contributed by atoms with Crippen molar-refractivity contribution in [3.8, 4) is 11.8 Å². The Morgan fingerprint density at radius 1 is 1.16 bits per heavy atom. The highest BCUT2D eigenvalue weighted by atomic mass is 16.5. The number of carbonyl (C=O) groups excluding carboxylic acids is 2. The highest BCUT2D eigenvalue weighted by Crippen LogP contribution is 2.40. The van der Waals surface area contributed by atoms with E-state index >= 15 is 0 Å². The minimum absolute atomic E-state index is 0.0244. The van der Waals surface area contributed by atoms with Gasteiger partial charge in [0, 0.05) is 30.6 Å². The number of nitrogens with zero attached hydrogens (tertiary/aromatic N) is 6. The first-order valence-electron chi connectivity index (χ1n) is 16.9. The smallest absolute Gasteiger partial charge is 0.328 e. The number of rotatable bonds is 13. The molecule has 1 aliphatic carbocycles. The molecule has 262 valence electrons. The highest BCUT2D eigenvalue weighted by Gasteiger charge is 2.28. The molecule has 0 unspecified atom stereocenters. The van der Waals surface area contributed by atoms with E-state index in [1.807, 2.05) is 42.6 Å². The van der Waals surface area contributed by atoms with Gasteiger partial charge in [-0.15, -0.1) is 10.2 Å². The molecule has 0 spiro atoms. The van der Waals surface area contributed by atoms with Gasteiger partial charge in [0.15, 0.2) is 5.96 Å². The molecule has 1 saturated carbocycles. The molecule has 6 rings (SSSR count). The second-order valence-electron chi connectivity index (χ2n) is 12.6.